The molecular formula is C19H31. The predicted molar refractivity (Wildman–Crippen MR) is 86.6 cm³/mol. The summed E-state index contributed by atoms with van der Waals surface area (Å²) in [6.07, 6.45) is 10.0. The molecule has 0 saturated heterocycles. The van der Waals surface area contributed by atoms with E-state index in [0.29, 0.717) is 0 Å². The topological polar surface area (TPSA) is 0 Å². The number of hydrogen-bond donors (Lipinski definition) is 0. The first kappa shape index (κ1) is 16.3. The summed E-state index contributed by atoms with van der Waals surface area (Å²) in [4.78, 5) is 0. The molecule has 1 aromatic rings. The third-order valence-electron chi connectivity index (χ3n) is 3.78. The zero-order chi connectivity index (χ0) is 14.1. The highest BCUT2D eigenvalue weighted by molar-refractivity contribution is 5.43. The Morgan fingerprint density at radius 2 is 1.42 bits per heavy atom. The van der Waals surface area contributed by atoms with Crippen LogP contribution < -0.4 is 0 Å². The zero-order valence-electron chi connectivity index (χ0n) is 13.4. The second-order valence-electron chi connectivity index (χ2n) is 5.55. The van der Waals surface area contributed by atoms with E-state index in [1.54, 1.807) is 22.6 Å². The molecule has 1 aromatic carbocycles. The van der Waals surface area contributed by atoms with Crippen molar-refractivity contribution in [2.24, 2.45) is 0 Å². The van der Waals surface area contributed by atoms with Gasteiger partial charge in [-0.1, -0.05) is 71.6 Å². The van der Waals surface area contributed by atoms with Gasteiger partial charge in [0.2, 0.25) is 0 Å². The maximum atomic E-state index is 2.37. The van der Waals surface area contributed by atoms with Crippen molar-refractivity contribution in [2.45, 2.75) is 79.1 Å². The van der Waals surface area contributed by atoms with Gasteiger partial charge in [-0.2, -0.15) is 0 Å². The molecule has 0 aromatic heterocycles. The third-order valence-corrected chi connectivity index (χ3v) is 3.78. The van der Waals surface area contributed by atoms with E-state index in [-0.39, 0.29) is 0 Å². The van der Waals surface area contributed by atoms with Crippen LogP contribution >= 0.6 is 0 Å². The Morgan fingerprint density at radius 3 is 1.95 bits per heavy atom. The van der Waals surface area contributed by atoms with Crippen molar-refractivity contribution in [1.29, 1.82) is 0 Å². The number of hydrogen-bond acceptors (Lipinski definition) is 0. The first-order chi connectivity index (χ1) is 9.28. The Hall–Kier alpha value is -0.780. The van der Waals surface area contributed by atoms with Gasteiger partial charge in [0.05, 0.1) is 0 Å². The highest BCUT2D eigenvalue weighted by atomic mass is 14.2. The van der Waals surface area contributed by atoms with Crippen LogP contribution in [0.25, 0.3) is 0 Å². The normalized spacial score (nSPS) is 11.2. The van der Waals surface area contributed by atoms with Crippen molar-refractivity contribution in [2.75, 3.05) is 0 Å². The van der Waals surface area contributed by atoms with Crippen LogP contribution in [0, 0.1) is 5.92 Å². The molecule has 0 fully saturated rings. The second-order valence-corrected chi connectivity index (χ2v) is 5.55. The van der Waals surface area contributed by atoms with Gasteiger partial charge in [-0.15, -0.1) is 0 Å². The van der Waals surface area contributed by atoms with E-state index in [1.165, 1.54) is 51.4 Å². The summed E-state index contributed by atoms with van der Waals surface area (Å²) in [5.41, 5.74) is 4.81. The summed E-state index contributed by atoms with van der Waals surface area (Å²) >= 11 is 0. The predicted octanol–water partition coefficient (Wildman–Crippen LogP) is 6.11. The summed E-state index contributed by atoms with van der Waals surface area (Å²) < 4.78 is 0. The Bertz CT molecular complexity index is 345. The largest absolute Gasteiger partial charge is 0.0654 e. The van der Waals surface area contributed by atoms with Crippen LogP contribution in [0.5, 0.6) is 0 Å². The summed E-state index contributed by atoms with van der Waals surface area (Å²) in [6, 6.07) is 6.98. The number of rotatable bonds is 9. The van der Waals surface area contributed by atoms with Crippen molar-refractivity contribution >= 4 is 0 Å². The van der Waals surface area contributed by atoms with Gasteiger partial charge in [-0.25, -0.2) is 0 Å². The van der Waals surface area contributed by atoms with Gasteiger partial charge < -0.3 is 0 Å². The molecule has 1 rings (SSSR count). The summed E-state index contributed by atoms with van der Waals surface area (Å²) in [7, 11) is 0. The average Bonchev–Trinajstić information content (AvgIpc) is 2.41. The fourth-order valence-electron chi connectivity index (χ4n) is 3.01. The first-order valence-corrected chi connectivity index (χ1v) is 8.24. The molecule has 0 heteroatoms. The molecule has 0 nitrogen and oxygen atoms in total. The van der Waals surface area contributed by atoms with Crippen LogP contribution in [0.2, 0.25) is 0 Å². The molecule has 1 radical (unpaired) electrons. The van der Waals surface area contributed by atoms with Gasteiger partial charge in [0.15, 0.2) is 0 Å². The maximum absolute atomic E-state index is 2.37. The molecule has 107 valence electrons. The van der Waals surface area contributed by atoms with E-state index in [0.717, 1.165) is 0 Å². The van der Waals surface area contributed by atoms with E-state index >= 15 is 0 Å². The lowest BCUT2D eigenvalue weighted by Gasteiger charge is -2.21. The Morgan fingerprint density at radius 1 is 0.789 bits per heavy atom. The Kier molecular flexibility index (Phi) is 7.86. The van der Waals surface area contributed by atoms with E-state index in [2.05, 4.69) is 45.9 Å². The lowest BCUT2D eigenvalue weighted by Crippen LogP contribution is -2.07. The maximum Gasteiger partial charge on any atom is 0.00525 e. The fourth-order valence-corrected chi connectivity index (χ4v) is 3.01. The van der Waals surface area contributed by atoms with Gasteiger partial charge in [0, 0.05) is 5.92 Å². The van der Waals surface area contributed by atoms with E-state index in [1.807, 2.05) is 0 Å². The molecule has 0 aliphatic carbocycles. The van der Waals surface area contributed by atoms with Gasteiger partial charge in [0.25, 0.3) is 0 Å². The van der Waals surface area contributed by atoms with Crippen molar-refractivity contribution < 1.29 is 0 Å². The Balaban J connectivity index is 3.10. The number of aryl methyl sites for hydroxylation is 1. The molecule has 0 spiro atoms. The highest BCUT2D eigenvalue weighted by Gasteiger charge is 2.16. The van der Waals surface area contributed by atoms with Gasteiger partial charge in [-0.3, -0.25) is 0 Å². The standard InChI is InChI=1S/C19H31/c1-5-10-16(11-6-2)19-15-9-14-17(12-7-3)18(19)13-8-4/h9,14-15H,5-8,10-13H2,1-4H3. The van der Waals surface area contributed by atoms with Gasteiger partial charge >= 0.3 is 0 Å². The molecule has 0 saturated carbocycles. The lowest BCUT2D eigenvalue weighted by molar-refractivity contribution is 0.710. The molecule has 0 aliphatic heterocycles. The van der Waals surface area contributed by atoms with Crippen LogP contribution in [0.1, 0.15) is 82.9 Å². The Labute approximate surface area is 120 Å². The van der Waals surface area contributed by atoms with Gasteiger partial charge in [0.1, 0.15) is 0 Å². The van der Waals surface area contributed by atoms with E-state index in [9.17, 15) is 0 Å². The molecule has 0 bridgehead atoms. The van der Waals surface area contributed by atoms with E-state index < -0.39 is 0 Å². The smallest absolute Gasteiger partial charge is 0.00525 e. The third kappa shape index (κ3) is 4.67. The van der Waals surface area contributed by atoms with Crippen LogP contribution in [0.3, 0.4) is 0 Å². The van der Waals surface area contributed by atoms with Crippen molar-refractivity contribution in [3.63, 3.8) is 0 Å². The minimum absolute atomic E-state index is 1.23. The summed E-state index contributed by atoms with van der Waals surface area (Å²) in [5.74, 6) is 1.69. The first-order valence-electron chi connectivity index (χ1n) is 8.24. The average molecular weight is 259 g/mol. The quantitative estimate of drug-likeness (QED) is 0.501. The molecular weight excluding hydrogens is 228 g/mol. The SMILES string of the molecule is CCC[C](CCC)c1cccc(CCC)c1CCC. The van der Waals surface area contributed by atoms with Crippen LogP contribution in [0.15, 0.2) is 18.2 Å². The van der Waals surface area contributed by atoms with Crippen LogP contribution in [-0.4, -0.2) is 0 Å². The van der Waals surface area contributed by atoms with E-state index in [4.69, 9.17) is 0 Å². The fraction of sp³-hybridized carbons (Fsp3) is 0.632. The summed E-state index contributed by atoms with van der Waals surface area (Å²) in [5, 5.41) is 0. The molecule has 0 aliphatic rings. The zero-order valence-corrected chi connectivity index (χ0v) is 13.4. The lowest BCUT2D eigenvalue weighted by atomic mass is 9.83. The summed E-state index contributed by atoms with van der Waals surface area (Å²) in [6.45, 7) is 9.17. The van der Waals surface area contributed by atoms with Crippen molar-refractivity contribution in [1.82, 2.24) is 0 Å². The molecule has 0 N–H and O–H groups in total. The molecule has 0 atom stereocenters. The molecule has 0 heterocycles. The molecule has 0 unspecified atom stereocenters. The minimum Gasteiger partial charge on any atom is -0.0654 e. The van der Waals surface area contributed by atoms with Crippen molar-refractivity contribution in [3.8, 4) is 0 Å². The minimum atomic E-state index is 1.23. The number of benzene rings is 1. The highest BCUT2D eigenvalue weighted by Crippen LogP contribution is 2.31. The van der Waals surface area contributed by atoms with Gasteiger partial charge in [-0.05, 0) is 42.4 Å². The van der Waals surface area contributed by atoms with Crippen LogP contribution in [0.4, 0.5) is 0 Å². The second kappa shape index (κ2) is 9.18. The van der Waals surface area contributed by atoms with Crippen LogP contribution in [-0.2, 0) is 12.8 Å². The monoisotopic (exact) mass is 259 g/mol. The molecule has 0 amide bonds. The molecule has 19 heavy (non-hydrogen) atoms. The van der Waals surface area contributed by atoms with Crippen molar-refractivity contribution in [3.05, 3.63) is 40.8 Å².